The third-order valence-corrected chi connectivity index (χ3v) is 3.77. The highest BCUT2D eigenvalue weighted by atomic mass is 79.9. The van der Waals surface area contributed by atoms with Crippen molar-refractivity contribution in [3.05, 3.63) is 28.7 Å². The lowest BCUT2D eigenvalue weighted by Gasteiger charge is -2.28. The fraction of sp³-hybridized carbons (Fsp3) is 0.500. The quantitative estimate of drug-likeness (QED) is 0.893. The van der Waals surface area contributed by atoms with Crippen LogP contribution in [0.25, 0.3) is 0 Å². The molecule has 1 fully saturated rings. The standard InChI is InChI=1S/C14H19BrN2O2/c1-10(13-7-2-3-8-16-13)19-14(18)17-12-6-4-5-11(15)9-12/h4-6,9-10,13,16H,2-3,7-8H2,1H3,(H,17,18). The Labute approximate surface area is 122 Å². The number of anilines is 1. The van der Waals surface area contributed by atoms with Crippen LogP contribution in [-0.4, -0.2) is 24.8 Å². The van der Waals surface area contributed by atoms with Gasteiger partial charge in [-0.05, 0) is 44.5 Å². The molecule has 2 N–H and O–H groups in total. The van der Waals surface area contributed by atoms with Crippen LogP contribution >= 0.6 is 15.9 Å². The second kappa shape index (κ2) is 6.91. The minimum atomic E-state index is -0.405. The molecule has 0 aliphatic carbocycles. The van der Waals surface area contributed by atoms with E-state index in [4.69, 9.17) is 4.74 Å². The lowest BCUT2D eigenvalue weighted by atomic mass is 10.0. The Morgan fingerprint density at radius 2 is 2.37 bits per heavy atom. The van der Waals surface area contributed by atoms with Crippen LogP contribution in [0.4, 0.5) is 10.5 Å². The van der Waals surface area contributed by atoms with E-state index in [1.165, 1.54) is 12.8 Å². The van der Waals surface area contributed by atoms with Crippen molar-refractivity contribution in [1.29, 1.82) is 0 Å². The van der Waals surface area contributed by atoms with Crippen LogP contribution in [0.5, 0.6) is 0 Å². The SMILES string of the molecule is CC(OC(=O)Nc1cccc(Br)c1)C1CCCCN1. The number of carbonyl (C=O) groups excluding carboxylic acids is 1. The number of benzene rings is 1. The molecule has 1 amide bonds. The first-order valence-electron chi connectivity index (χ1n) is 6.62. The highest BCUT2D eigenvalue weighted by Crippen LogP contribution is 2.17. The lowest BCUT2D eigenvalue weighted by Crippen LogP contribution is -2.44. The topological polar surface area (TPSA) is 50.4 Å². The van der Waals surface area contributed by atoms with Crippen molar-refractivity contribution in [2.75, 3.05) is 11.9 Å². The van der Waals surface area contributed by atoms with Crippen molar-refractivity contribution < 1.29 is 9.53 Å². The predicted molar refractivity (Wildman–Crippen MR) is 79.3 cm³/mol. The van der Waals surface area contributed by atoms with Crippen LogP contribution in [0.15, 0.2) is 28.7 Å². The summed E-state index contributed by atoms with van der Waals surface area (Å²) < 4.78 is 6.33. The zero-order valence-electron chi connectivity index (χ0n) is 11.0. The van der Waals surface area contributed by atoms with Crippen LogP contribution in [0.1, 0.15) is 26.2 Å². The molecule has 0 bridgehead atoms. The van der Waals surface area contributed by atoms with Gasteiger partial charge in [0.05, 0.1) is 0 Å². The van der Waals surface area contributed by atoms with Gasteiger partial charge in [-0.25, -0.2) is 4.79 Å². The van der Waals surface area contributed by atoms with Gasteiger partial charge in [-0.1, -0.05) is 28.4 Å². The monoisotopic (exact) mass is 326 g/mol. The highest BCUT2D eigenvalue weighted by molar-refractivity contribution is 9.10. The number of amides is 1. The summed E-state index contributed by atoms with van der Waals surface area (Å²) in [6.45, 7) is 2.94. The number of rotatable bonds is 3. The van der Waals surface area contributed by atoms with E-state index >= 15 is 0 Å². The summed E-state index contributed by atoms with van der Waals surface area (Å²) in [5.41, 5.74) is 0.725. The Bertz CT molecular complexity index is 433. The average molecular weight is 327 g/mol. The Kier molecular flexibility index (Phi) is 5.22. The molecule has 0 aromatic heterocycles. The molecular weight excluding hydrogens is 308 g/mol. The van der Waals surface area contributed by atoms with Gasteiger partial charge in [-0.15, -0.1) is 0 Å². The van der Waals surface area contributed by atoms with Gasteiger partial charge in [0.2, 0.25) is 0 Å². The van der Waals surface area contributed by atoms with Crippen LogP contribution in [0.3, 0.4) is 0 Å². The first kappa shape index (κ1) is 14.3. The van der Waals surface area contributed by atoms with Crippen molar-refractivity contribution in [2.24, 2.45) is 0 Å². The number of hydrogen-bond donors (Lipinski definition) is 2. The summed E-state index contributed by atoms with van der Waals surface area (Å²) in [5.74, 6) is 0. The largest absolute Gasteiger partial charge is 0.445 e. The molecule has 1 aliphatic heterocycles. The molecule has 0 radical (unpaired) electrons. The van der Waals surface area contributed by atoms with Gasteiger partial charge in [0.25, 0.3) is 0 Å². The number of hydrogen-bond acceptors (Lipinski definition) is 3. The van der Waals surface area contributed by atoms with Crippen molar-refractivity contribution in [2.45, 2.75) is 38.3 Å². The van der Waals surface area contributed by atoms with Crippen LogP contribution in [-0.2, 0) is 4.74 Å². The second-order valence-corrected chi connectivity index (χ2v) is 5.72. The third-order valence-electron chi connectivity index (χ3n) is 3.28. The smallest absolute Gasteiger partial charge is 0.411 e. The number of carbonyl (C=O) groups is 1. The van der Waals surface area contributed by atoms with Crippen LogP contribution in [0, 0.1) is 0 Å². The van der Waals surface area contributed by atoms with E-state index in [1.807, 2.05) is 31.2 Å². The zero-order chi connectivity index (χ0) is 13.7. The highest BCUT2D eigenvalue weighted by Gasteiger charge is 2.22. The normalized spacial score (nSPS) is 20.6. The van der Waals surface area contributed by atoms with E-state index in [0.29, 0.717) is 0 Å². The second-order valence-electron chi connectivity index (χ2n) is 4.80. The predicted octanol–water partition coefficient (Wildman–Crippen LogP) is 3.53. The lowest BCUT2D eigenvalue weighted by molar-refractivity contribution is 0.0879. The van der Waals surface area contributed by atoms with Gasteiger partial charge < -0.3 is 10.1 Å². The van der Waals surface area contributed by atoms with Crippen molar-refractivity contribution in [3.8, 4) is 0 Å². The molecule has 104 valence electrons. The van der Waals surface area contributed by atoms with Gasteiger partial charge in [0, 0.05) is 16.2 Å². The summed E-state index contributed by atoms with van der Waals surface area (Å²) in [7, 11) is 0. The summed E-state index contributed by atoms with van der Waals surface area (Å²) in [6.07, 6.45) is 2.93. The summed E-state index contributed by atoms with van der Waals surface area (Å²) in [5, 5.41) is 6.12. The summed E-state index contributed by atoms with van der Waals surface area (Å²) >= 11 is 3.36. The maximum atomic E-state index is 11.8. The molecule has 1 aliphatic rings. The van der Waals surface area contributed by atoms with Gasteiger partial charge >= 0.3 is 6.09 Å². The molecule has 4 nitrogen and oxygen atoms in total. The van der Waals surface area contributed by atoms with Crippen molar-refractivity contribution in [3.63, 3.8) is 0 Å². The van der Waals surface area contributed by atoms with E-state index in [1.54, 1.807) is 0 Å². The zero-order valence-corrected chi connectivity index (χ0v) is 12.6. The van der Waals surface area contributed by atoms with Gasteiger partial charge in [-0.2, -0.15) is 0 Å². The maximum Gasteiger partial charge on any atom is 0.411 e. The summed E-state index contributed by atoms with van der Waals surface area (Å²) in [6, 6.07) is 7.71. The Balaban J connectivity index is 1.83. The van der Waals surface area contributed by atoms with Gasteiger partial charge in [-0.3, -0.25) is 5.32 Å². The first-order valence-corrected chi connectivity index (χ1v) is 7.41. The van der Waals surface area contributed by atoms with E-state index in [9.17, 15) is 4.79 Å². The molecule has 1 aromatic carbocycles. The van der Waals surface area contributed by atoms with Crippen LogP contribution < -0.4 is 10.6 Å². The summed E-state index contributed by atoms with van der Waals surface area (Å²) in [4.78, 5) is 11.8. The maximum absolute atomic E-state index is 11.8. The van der Waals surface area contributed by atoms with E-state index < -0.39 is 6.09 Å². The van der Waals surface area contributed by atoms with E-state index in [2.05, 4.69) is 26.6 Å². The average Bonchev–Trinajstić information content (AvgIpc) is 2.39. The number of piperidine rings is 1. The fourth-order valence-corrected chi connectivity index (χ4v) is 2.64. The van der Waals surface area contributed by atoms with E-state index in [-0.39, 0.29) is 12.1 Å². The molecular formula is C14H19BrN2O2. The van der Waals surface area contributed by atoms with Crippen LogP contribution in [0.2, 0.25) is 0 Å². The minimum absolute atomic E-state index is 0.118. The Hall–Kier alpha value is -1.07. The molecule has 1 aromatic rings. The van der Waals surface area contributed by atoms with Crippen molar-refractivity contribution in [1.82, 2.24) is 5.32 Å². The van der Waals surface area contributed by atoms with Gasteiger partial charge in [0.1, 0.15) is 6.10 Å². The molecule has 5 heteroatoms. The fourth-order valence-electron chi connectivity index (χ4n) is 2.24. The van der Waals surface area contributed by atoms with E-state index in [0.717, 1.165) is 23.1 Å². The molecule has 1 heterocycles. The molecule has 2 unspecified atom stereocenters. The van der Waals surface area contributed by atoms with Gasteiger partial charge in [0.15, 0.2) is 0 Å². The van der Waals surface area contributed by atoms with Crippen molar-refractivity contribution >= 4 is 27.7 Å². The molecule has 0 spiro atoms. The Morgan fingerprint density at radius 1 is 1.53 bits per heavy atom. The molecule has 2 rings (SSSR count). The molecule has 0 saturated carbocycles. The Morgan fingerprint density at radius 3 is 3.05 bits per heavy atom. The molecule has 2 atom stereocenters. The third kappa shape index (κ3) is 4.51. The number of halogens is 1. The minimum Gasteiger partial charge on any atom is -0.445 e. The molecule has 19 heavy (non-hydrogen) atoms. The molecule has 1 saturated heterocycles. The number of ether oxygens (including phenoxy) is 1. The first-order chi connectivity index (χ1) is 9.15. The number of nitrogens with one attached hydrogen (secondary N) is 2.